The number of nitrogen functional groups attached to an aromatic ring is 1. The van der Waals surface area contributed by atoms with Gasteiger partial charge in [0.25, 0.3) is 0 Å². The average Bonchev–Trinajstić information content (AvgIpc) is 2.01. The molecule has 1 aromatic rings. The highest BCUT2D eigenvalue weighted by molar-refractivity contribution is 5.31. The maximum Gasteiger partial charge on any atom is 0.123 e. The number of rotatable bonds is 3. The fourth-order valence-electron chi connectivity index (χ4n) is 0.926. The first-order chi connectivity index (χ1) is 5.68. The summed E-state index contributed by atoms with van der Waals surface area (Å²) in [5, 5.41) is 3.31. The van der Waals surface area contributed by atoms with Crippen LogP contribution in [0.2, 0.25) is 0 Å². The van der Waals surface area contributed by atoms with E-state index in [0.717, 1.165) is 6.54 Å². The molecule has 3 nitrogen and oxygen atoms in total. The summed E-state index contributed by atoms with van der Waals surface area (Å²) in [4.78, 5) is 3.92. The molecule has 0 aliphatic rings. The van der Waals surface area contributed by atoms with E-state index in [1.54, 1.807) is 6.20 Å². The number of anilines is 1. The largest absolute Gasteiger partial charge is 0.384 e. The zero-order valence-electron chi connectivity index (χ0n) is 7.54. The van der Waals surface area contributed by atoms with Gasteiger partial charge < -0.3 is 11.1 Å². The van der Waals surface area contributed by atoms with Crippen molar-refractivity contribution in [2.75, 3.05) is 5.73 Å². The lowest BCUT2D eigenvalue weighted by atomic mass is 10.2. The van der Waals surface area contributed by atoms with Crippen LogP contribution in [0.5, 0.6) is 0 Å². The predicted molar refractivity (Wildman–Crippen MR) is 50.6 cm³/mol. The molecule has 1 aromatic heterocycles. The summed E-state index contributed by atoms with van der Waals surface area (Å²) in [5.74, 6) is 0.582. The van der Waals surface area contributed by atoms with Gasteiger partial charge >= 0.3 is 0 Å². The number of nitrogens with zero attached hydrogens (tertiary/aromatic N) is 1. The Hall–Kier alpha value is -1.09. The van der Waals surface area contributed by atoms with Gasteiger partial charge in [-0.05, 0) is 17.7 Å². The SMILES string of the molecule is CC(C)NCc1ccnc(N)c1. The molecule has 0 unspecified atom stereocenters. The van der Waals surface area contributed by atoms with Crippen molar-refractivity contribution in [2.24, 2.45) is 0 Å². The second-order valence-electron chi connectivity index (χ2n) is 3.12. The smallest absolute Gasteiger partial charge is 0.123 e. The van der Waals surface area contributed by atoms with E-state index in [4.69, 9.17) is 5.73 Å². The van der Waals surface area contributed by atoms with E-state index in [1.165, 1.54) is 5.56 Å². The van der Waals surface area contributed by atoms with Gasteiger partial charge in [0.15, 0.2) is 0 Å². The molecule has 0 aromatic carbocycles. The highest BCUT2D eigenvalue weighted by Gasteiger charge is 1.95. The Morgan fingerprint density at radius 1 is 1.58 bits per heavy atom. The Morgan fingerprint density at radius 3 is 2.92 bits per heavy atom. The number of nitrogens with one attached hydrogen (secondary N) is 1. The summed E-state index contributed by atoms with van der Waals surface area (Å²) in [5.41, 5.74) is 6.70. The van der Waals surface area contributed by atoms with Crippen molar-refractivity contribution in [2.45, 2.75) is 26.4 Å². The lowest BCUT2D eigenvalue weighted by molar-refractivity contribution is 0.588. The van der Waals surface area contributed by atoms with Crippen LogP contribution in [0.15, 0.2) is 18.3 Å². The van der Waals surface area contributed by atoms with Gasteiger partial charge in [0, 0.05) is 18.8 Å². The molecule has 66 valence electrons. The second-order valence-corrected chi connectivity index (χ2v) is 3.12. The van der Waals surface area contributed by atoms with Crippen LogP contribution in [0.4, 0.5) is 5.82 Å². The third-order valence-corrected chi connectivity index (χ3v) is 1.56. The van der Waals surface area contributed by atoms with Crippen LogP contribution in [0.1, 0.15) is 19.4 Å². The zero-order chi connectivity index (χ0) is 8.97. The van der Waals surface area contributed by atoms with Crippen LogP contribution in [0.3, 0.4) is 0 Å². The molecule has 0 radical (unpaired) electrons. The van der Waals surface area contributed by atoms with Gasteiger partial charge in [-0.15, -0.1) is 0 Å². The highest BCUT2D eigenvalue weighted by Crippen LogP contribution is 2.02. The van der Waals surface area contributed by atoms with Crippen molar-refractivity contribution in [3.63, 3.8) is 0 Å². The quantitative estimate of drug-likeness (QED) is 0.706. The van der Waals surface area contributed by atoms with E-state index in [1.807, 2.05) is 12.1 Å². The van der Waals surface area contributed by atoms with Gasteiger partial charge in [-0.1, -0.05) is 13.8 Å². The van der Waals surface area contributed by atoms with E-state index in [2.05, 4.69) is 24.1 Å². The van der Waals surface area contributed by atoms with Gasteiger partial charge in [-0.3, -0.25) is 0 Å². The van der Waals surface area contributed by atoms with Crippen molar-refractivity contribution in [3.8, 4) is 0 Å². The van der Waals surface area contributed by atoms with Crippen LogP contribution in [0.25, 0.3) is 0 Å². The minimum absolute atomic E-state index is 0.499. The average molecular weight is 165 g/mol. The van der Waals surface area contributed by atoms with E-state index < -0.39 is 0 Å². The monoisotopic (exact) mass is 165 g/mol. The van der Waals surface area contributed by atoms with Crippen molar-refractivity contribution in [1.82, 2.24) is 10.3 Å². The Kier molecular flexibility index (Phi) is 3.05. The Balaban J connectivity index is 2.52. The maximum absolute atomic E-state index is 5.53. The molecule has 3 N–H and O–H groups in total. The van der Waals surface area contributed by atoms with Crippen LogP contribution >= 0.6 is 0 Å². The summed E-state index contributed by atoms with van der Waals surface area (Å²) in [6.07, 6.45) is 1.73. The van der Waals surface area contributed by atoms with Crippen molar-refractivity contribution in [1.29, 1.82) is 0 Å². The molecule has 0 amide bonds. The molecule has 0 bridgehead atoms. The van der Waals surface area contributed by atoms with E-state index in [-0.39, 0.29) is 0 Å². The molecular weight excluding hydrogens is 150 g/mol. The number of nitrogens with two attached hydrogens (primary N) is 1. The van der Waals surface area contributed by atoms with Crippen LogP contribution in [-0.4, -0.2) is 11.0 Å². The molecule has 0 spiro atoms. The molecular formula is C9H15N3. The second kappa shape index (κ2) is 4.07. The molecule has 3 heteroatoms. The van der Waals surface area contributed by atoms with Crippen molar-refractivity contribution in [3.05, 3.63) is 23.9 Å². The highest BCUT2D eigenvalue weighted by atomic mass is 14.9. The molecule has 12 heavy (non-hydrogen) atoms. The molecule has 1 heterocycles. The number of hydrogen-bond donors (Lipinski definition) is 2. The third-order valence-electron chi connectivity index (χ3n) is 1.56. The summed E-state index contributed by atoms with van der Waals surface area (Å²) >= 11 is 0. The van der Waals surface area contributed by atoms with Gasteiger partial charge in [0.05, 0.1) is 0 Å². The normalized spacial score (nSPS) is 10.6. The van der Waals surface area contributed by atoms with Gasteiger partial charge in [-0.25, -0.2) is 4.98 Å². The van der Waals surface area contributed by atoms with Crippen LogP contribution in [0, 0.1) is 0 Å². The minimum atomic E-state index is 0.499. The molecule has 0 fully saturated rings. The van der Waals surface area contributed by atoms with Gasteiger partial charge in [0.2, 0.25) is 0 Å². The molecule has 0 aliphatic carbocycles. The van der Waals surface area contributed by atoms with E-state index in [9.17, 15) is 0 Å². The third kappa shape index (κ3) is 2.88. The number of hydrogen-bond acceptors (Lipinski definition) is 3. The maximum atomic E-state index is 5.53. The number of aromatic nitrogens is 1. The van der Waals surface area contributed by atoms with Crippen LogP contribution in [-0.2, 0) is 6.54 Å². The Morgan fingerprint density at radius 2 is 2.33 bits per heavy atom. The summed E-state index contributed by atoms with van der Waals surface area (Å²) in [7, 11) is 0. The fraction of sp³-hybridized carbons (Fsp3) is 0.444. The van der Waals surface area contributed by atoms with Crippen molar-refractivity contribution >= 4 is 5.82 Å². The zero-order valence-corrected chi connectivity index (χ0v) is 7.54. The van der Waals surface area contributed by atoms with Gasteiger partial charge in [0.1, 0.15) is 5.82 Å². The Bertz CT molecular complexity index is 245. The molecule has 0 atom stereocenters. The van der Waals surface area contributed by atoms with Gasteiger partial charge in [-0.2, -0.15) is 0 Å². The summed E-state index contributed by atoms with van der Waals surface area (Å²) < 4.78 is 0. The first kappa shape index (κ1) is 9.00. The van der Waals surface area contributed by atoms with Crippen LogP contribution < -0.4 is 11.1 Å². The first-order valence-corrected chi connectivity index (χ1v) is 4.12. The standard InChI is InChI=1S/C9H15N3/c1-7(2)12-6-8-3-4-11-9(10)5-8/h3-5,7,12H,6H2,1-2H3,(H2,10,11). The number of pyridine rings is 1. The summed E-state index contributed by atoms with van der Waals surface area (Å²) in [6.45, 7) is 5.08. The first-order valence-electron chi connectivity index (χ1n) is 4.12. The predicted octanol–water partition coefficient (Wildman–Crippen LogP) is 1.16. The molecule has 0 aliphatic heterocycles. The lowest BCUT2D eigenvalue weighted by Crippen LogP contribution is -2.21. The Labute approximate surface area is 73.0 Å². The molecule has 0 saturated carbocycles. The lowest BCUT2D eigenvalue weighted by Gasteiger charge is -2.07. The fourth-order valence-corrected chi connectivity index (χ4v) is 0.926. The topological polar surface area (TPSA) is 50.9 Å². The molecule has 1 rings (SSSR count). The minimum Gasteiger partial charge on any atom is -0.384 e. The molecule has 0 saturated heterocycles. The van der Waals surface area contributed by atoms with E-state index in [0.29, 0.717) is 11.9 Å². The summed E-state index contributed by atoms with van der Waals surface area (Å²) in [6, 6.07) is 4.35. The van der Waals surface area contributed by atoms with Crippen molar-refractivity contribution < 1.29 is 0 Å². The van der Waals surface area contributed by atoms with E-state index >= 15 is 0 Å².